The van der Waals surface area contributed by atoms with Gasteiger partial charge in [-0.3, -0.25) is 14.4 Å². The standard InChI is InChI=1S/C18H27N3O5/c1-2-26-18(25)14-7-6-10-21(12-14)13-15(11-19)17(24)20-9-5-3-4-8-16(22)23/h13-14H,2-10,12H2,1H3,(H,20,24)(H,22,23)/b15-13-. The second kappa shape index (κ2) is 11.9. The van der Waals surface area contributed by atoms with Crippen molar-refractivity contribution < 1.29 is 24.2 Å². The van der Waals surface area contributed by atoms with Crippen molar-refractivity contribution in [3.8, 4) is 6.07 Å². The topological polar surface area (TPSA) is 120 Å². The average Bonchev–Trinajstić information content (AvgIpc) is 2.62. The Bertz CT molecular complexity index is 568. The van der Waals surface area contributed by atoms with Gasteiger partial charge in [-0.05, 0) is 32.6 Å². The molecule has 0 aromatic rings. The third-order valence-corrected chi connectivity index (χ3v) is 4.10. The number of nitriles is 1. The highest BCUT2D eigenvalue weighted by atomic mass is 16.5. The van der Waals surface area contributed by atoms with Crippen LogP contribution in [-0.2, 0) is 19.1 Å². The second-order valence-corrected chi connectivity index (χ2v) is 6.20. The number of carbonyl (C=O) groups is 3. The van der Waals surface area contributed by atoms with Crippen LogP contribution in [0.2, 0.25) is 0 Å². The zero-order valence-corrected chi connectivity index (χ0v) is 15.2. The summed E-state index contributed by atoms with van der Waals surface area (Å²) in [5.74, 6) is -1.76. The monoisotopic (exact) mass is 365 g/mol. The number of hydrogen-bond acceptors (Lipinski definition) is 6. The van der Waals surface area contributed by atoms with Crippen LogP contribution in [0.5, 0.6) is 0 Å². The van der Waals surface area contributed by atoms with Crippen LogP contribution in [0.25, 0.3) is 0 Å². The van der Waals surface area contributed by atoms with Crippen LogP contribution in [0.3, 0.4) is 0 Å². The van der Waals surface area contributed by atoms with E-state index in [1.165, 1.54) is 6.20 Å². The summed E-state index contributed by atoms with van der Waals surface area (Å²) >= 11 is 0. The molecule has 0 spiro atoms. The van der Waals surface area contributed by atoms with Gasteiger partial charge in [-0.1, -0.05) is 6.42 Å². The number of hydrogen-bond donors (Lipinski definition) is 2. The van der Waals surface area contributed by atoms with Crippen molar-refractivity contribution >= 4 is 17.8 Å². The van der Waals surface area contributed by atoms with Crippen molar-refractivity contribution in [1.82, 2.24) is 10.2 Å². The largest absolute Gasteiger partial charge is 0.481 e. The predicted molar refractivity (Wildman–Crippen MR) is 93.7 cm³/mol. The summed E-state index contributed by atoms with van der Waals surface area (Å²) in [7, 11) is 0. The SMILES string of the molecule is CCOC(=O)C1CCCN(/C=C(/C#N)C(=O)NCCCCCC(=O)O)C1. The Balaban J connectivity index is 2.45. The number of nitrogens with zero attached hydrogens (tertiary/aromatic N) is 2. The van der Waals surface area contributed by atoms with Gasteiger partial charge in [0.15, 0.2) is 0 Å². The van der Waals surface area contributed by atoms with E-state index in [0.717, 1.165) is 12.8 Å². The van der Waals surface area contributed by atoms with Gasteiger partial charge in [0.25, 0.3) is 5.91 Å². The number of likely N-dealkylation sites (tertiary alicyclic amines) is 1. The van der Waals surface area contributed by atoms with Gasteiger partial charge in [-0.25, -0.2) is 0 Å². The van der Waals surface area contributed by atoms with Gasteiger partial charge in [-0.15, -0.1) is 0 Å². The molecule has 1 saturated heterocycles. The number of carboxylic acid groups (broad SMARTS) is 1. The number of aliphatic carboxylic acids is 1. The Kier molecular flexibility index (Phi) is 9.83. The maximum absolute atomic E-state index is 12.1. The third kappa shape index (κ3) is 8.01. The summed E-state index contributed by atoms with van der Waals surface area (Å²) in [5.41, 5.74) is 0.0000415. The van der Waals surface area contributed by atoms with Crippen molar-refractivity contribution in [2.75, 3.05) is 26.2 Å². The van der Waals surface area contributed by atoms with Crippen molar-refractivity contribution in [3.63, 3.8) is 0 Å². The van der Waals surface area contributed by atoms with Crippen LogP contribution in [0, 0.1) is 17.2 Å². The molecule has 8 heteroatoms. The molecule has 0 aliphatic carbocycles. The maximum atomic E-state index is 12.1. The molecule has 1 fully saturated rings. The zero-order chi connectivity index (χ0) is 19.4. The zero-order valence-electron chi connectivity index (χ0n) is 15.2. The van der Waals surface area contributed by atoms with Gasteiger partial charge in [0.1, 0.15) is 11.6 Å². The molecule has 0 radical (unpaired) electrons. The first kappa shape index (κ1) is 21.5. The normalized spacial score (nSPS) is 17.3. The number of ether oxygens (including phenoxy) is 1. The van der Waals surface area contributed by atoms with Crippen LogP contribution in [0.1, 0.15) is 45.4 Å². The van der Waals surface area contributed by atoms with E-state index in [-0.39, 0.29) is 23.9 Å². The molecule has 1 amide bonds. The van der Waals surface area contributed by atoms with E-state index < -0.39 is 11.9 Å². The van der Waals surface area contributed by atoms with Crippen LogP contribution in [0.4, 0.5) is 0 Å². The summed E-state index contributed by atoms with van der Waals surface area (Å²) in [6, 6.07) is 1.90. The van der Waals surface area contributed by atoms with Gasteiger partial charge < -0.3 is 20.1 Å². The lowest BCUT2D eigenvalue weighted by molar-refractivity contribution is -0.149. The Hall–Kier alpha value is -2.56. The number of carbonyl (C=O) groups excluding carboxylic acids is 2. The van der Waals surface area contributed by atoms with Gasteiger partial charge in [0.2, 0.25) is 0 Å². The summed E-state index contributed by atoms with van der Waals surface area (Å²) < 4.78 is 5.04. The molecule has 1 heterocycles. The minimum atomic E-state index is -0.827. The first-order valence-corrected chi connectivity index (χ1v) is 9.00. The number of rotatable bonds is 10. The van der Waals surface area contributed by atoms with E-state index >= 15 is 0 Å². The number of unbranched alkanes of at least 4 members (excludes halogenated alkanes) is 2. The van der Waals surface area contributed by atoms with Crippen LogP contribution in [0.15, 0.2) is 11.8 Å². The second-order valence-electron chi connectivity index (χ2n) is 6.20. The highest BCUT2D eigenvalue weighted by Gasteiger charge is 2.26. The predicted octanol–water partition coefficient (Wildman–Crippen LogP) is 1.43. The highest BCUT2D eigenvalue weighted by Crippen LogP contribution is 2.19. The van der Waals surface area contributed by atoms with Crippen LogP contribution in [-0.4, -0.2) is 54.1 Å². The summed E-state index contributed by atoms with van der Waals surface area (Å²) in [6.45, 7) is 3.61. The third-order valence-electron chi connectivity index (χ3n) is 4.10. The van der Waals surface area contributed by atoms with Gasteiger partial charge in [0.05, 0.1) is 12.5 Å². The number of piperidine rings is 1. The van der Waals surface area contributed by atoms with E-state index in [1.807, 2.05) is 11.0 Å². The number of carboxylic acids is 1. The van der Waals surface area contributed by atoms with Crippen molar-refractivity contribution in [2.45, 2.75) is 45.4 Å². The maximum Gasteiger partial charge on any atom is 0.310 e. The number of esters is 1. The van der Waals surface area contributed by atoms with Crippen LogP contribution < -0.4 is 5.32 Å². The van der Waals surface area contributed by atoms with Gasteiger partial charge in [-0.2, -0.15) is 5.26 Å². The summed E-state index contributed by atoms with van der Waals surface area (Å²) in [5, 5.41) is 20.5. The highest BCUT2D eigenvalue weighted by molar-refractivity contribution is 5.97. The molecule has 1 rings (SSSR count). The molecule has 1 aliphatic heterocycles. The fourth-order valence-electron chi connectivity index (χ4n) is 2.77. The van der Waals surface area contributed by atoms with Crippen molar-refractivity contribution in [3.05, 3.63) is 11.8 Å². The Morgan fingerprint density at radius 2 is 2.12 bits per heavy atom. The first-order valence-electron chi connectivity index (χ1n) is 9.00. The fourth-order valence-corrected chi connectivity index (χ4v) is 2.77. The molecule has 1 atom stereocenters. The van der Waals surface area contributed by atoms with E-state index in [1.54, 1.807) is 6.92 Å². The number of nitrogens with one attached hydrogen (secondary N) is 1. The van der Waals surface area contributed by atoms with Crippen molar-refractivity contribution in [2.24, 2.45) is 5.92 Å². The Labute approximate surface area is 153 Å². The molecule has 144 valence electrons. The lowest BCUT2D eigenvalue weighted by atomic mass is 9.98. The molecule has 0 aromatic carbocycles. The van der Waals surface area contributed by atoms with Gasteiger partial charge >= 0.3 is 11.9 Å². The minimum Gasteiger partial charge on any atom is -0.481 e. The minimum absolute atomic E-state index is 0.0000415. The van der Waals surface area contributed by atoms with E-state index in [2.05, 4.69) is 5.32 Å². The van der Waals surface area contributed by atoms with E-state index in [4.69, 9.17) is 9.84 Å². The van der Waals surface area contributed by atoms with E-state index in [0.29, 0.717) is 45.5 Å². The lowest BCUT2D eigenvalue weighted by Crippen LogP contribution is -2.37. The van der Waals surface area contributed by atoms with E-state index in [9.17, 15) is 19.6 Å². The molecule has 2 N–H and O–H groups in total. The summed E-state index contributed by atoms with van der Waals surface area (Å²) in [4.78, 5) is 36.2. The van der Waals surface area contributed by atoms with Gasteiger partial charge in [0, 0.05) is 32.3 Å². The molecular weight excluding hydrogens is 338 g/mol. The fraction of sp³-hybridized carbons (Fsp3) is 0.667. The molecule has 1 unspecified atom stereocenters. The Morgan fingerprint density at radius 1 is 1.35 bits per heavy atom. The Morgan fingerprint density at radius 3 is 2.77 bits per heavy atom. The molecule has 26 heavy (non-hydrogen) atoms. The van der Waals surface area contributed by atoms with Crippen molar-refractivity contribution in [1.29, 1.82) is 5.26 Å². The smallest absolute Gasteiger partial charge is 0.310 e. The molecule has 0 bridgehead atoms. The van der Waals surface area contributed by atoms with Crippen LogP contribution >= 0.6 is 0 Å². The number of amides is 1. The molecule has 8 nitrogen and oxygen atoms in total. The average molecular weight is 365 g/mol. The summed E-state index contributed by atoms with van der Waals surface area (Å²) in [6.07, 6.45) is 5.09. The lowest BCUT2D eigenvalue weighted by Gasteiger charge is -2.30. The quantitative estimate of drug-likeness (QED) is 0.260. The first-order chi connectivity index (χ1) is 12.5. The molecule has 0 aromatic heterocycles. The molecule has 1 aliphatic rings. The molecule has 0 saturated carbocycles. The molecular formula is C18H27N3O5.